The van der Waals surface area contributed by atoms with E-state index in [0.29, 0.717) is 15.2 Å². The van der Waals surface area contributed by atoms with Gasteiger partial charge in [0, 0.05) is 6.20 Å². The highest BCUT2D eigenvalue weighted by Gasteiger charge is 2.39. The molecule has 80 valence electrons. The number of dihydropyridines is 1. The molecule has 0 fully saturated rings. The summed E-state index contributed by atoms with van der Waals surface area (Å²) in [6.45, 7) is 2.06. The van der Waals surface area contributed by atoms with Crippen molar-refractivity contribution in [1.29, 1.82) is 0 Å². The molecule has 1 rings (SSSR count). The van der Waals surface area contributed by atoms with Gasteiger partial charge in [0.05, 0.1) is 10.1 Å². The summed E-state index contributed by atoms with van der Waals surface area (Å²) in [6.07, 6.45) is 2.56. The Balaban J connectivity index is 2.90. The minimum atomic E-state index is -0.915. The second kappa shape index (κ2) is 5.22. The molecule has 1 aliphatic rings. The van der Waals surface area contributed by atoms with Gasteiger partial charge in [0.2, 0.25) is 0 Å². The third kappa shape index (κ3) is 2.48. The first kappa shape index (κ1) is 12.9. The van der Waals surface area contributed by atoms with Gasteiger partial charge in [-0.25, -0.2) is 0 Å². The molecule has 1 N–H and O–H groups in total. The Labute approximate surface area is 108 Å². The molecule has 0 saturated carbocycles. The van der Waals surface area contributed by atoms with Gasteiger partial charge in [0.15, 0.2) is 4.21 Å². The van der Waals surface area contributed by atoms with Crippen molar-refractivity contribution in [3.8, 4) is 0 Å². The zero-order valence-corrected chi connectivity index (χ0v) is 11.3. The Hall–Kier alpha value is 0.790. The van der Waals surface area contributed by atoms with Crippen LogP contribution in [0.5, 0.6) is 0 Å². The summed E-state index contributed by atoms with van der Waals surface area (Å²) >= 11 is 25.6. The van der Waals surface area contributed by atoms with Gasteiger partial charge < -0.3 is 5.32 Å². The number of rotatable bonds is 3. The lowest BCUT2D eigenvalue weighted by Gasteiger charge is -2.29. The number of hydrogen-bond donors (Lipinski definition) is 1. The lowest BCUT2D eigenvalue weighted by molar-refractivity contribution is 1.01. The van der Waals surface area contributed by atoms with Crippen LogP contribution in [0.3, 0.4) is 0 Å². The molecule has 1 nitrogen and oxygen atoms in total. The monoisotopic (exact) mass is 291 g/mol. The van der Waals surface area contributed by atoms with Crippen molar-refractivity contribution in [2.24, 2.45) is 0 Å². The van der Waals surface area contributed by atoms with Crippen LogP contribution in [0.4, 0.5) is 0 Å². The van der Waals surface area contributed by atoms with E-state index >= 15 is 0 Å². The highest BCUT2D eigenvalue weighted by atomic mass is 35.5. The SMILES string of the molecule is CCCSC1(Cl)C(Cl)=CNC(Cl)=C1Cl. The van der Waals surface area contributed by atoms with E-state index in [2.05, 4.69) is 12.2 Å². The average Bonchev–Trinajstić information content (AvgIpc) is 2.18. The summed E-state index contributed by atoms with van der Waals surface area (Å²) in [5.74, 6) is 0.869. The van der Waals surface area contributed by atoms with Gasteiger partial charge in [-0.3, -0.25) is 0 Å². The fourth-order valence-corrected chi connectivity index (χ4v) is 3.18. The largest absolute Gasteiger partial charge is 0.350 e. The molecule has 0 aromatic heterocycles. The van der Waals surface area contributed by atoms with Crippen molar-refractivity contribution < 1.29 is 0 Å². The zero-order chi connectivity index (χ0) is 10.8. The van der Waals surface area contributed by atoms with E-state index in [9.17, 15) is 0 Å². The van der Waals surface area contributed by atoms with Crippen LogP contribution in [-0.2, 0) is 0 Å². The molecule has 6 heteroatoms. The molecular weight excluding hydrogens is 284 g/mol. The Morgan fingerprint density at radius 3 is 2.64 bits per heavy atom. The number of nitrogens with one attached hydrogen (secondary N) is 1. The van der Waals surface area contributed by atoms with Crippen molar-refractivity contribution in [1.82, 2.24) is 5.32 Å². The number of alkyl halides is 1. The number of thioether (sulfide) groups is 1. The Morgan fingerprint density at radius 2 is 2.07 bits per heavy atom. The second-order valence-corrected chi connectivity index (χ2v) is 5.97. The lowest BCUT2D eigenvalue weighted by atomic mass is 10.3. The molecule has 0 aliphatic carbocycles. The van der Waals surface area contributed by atoms with E-state index in [4.69, 9.17) is 46.4 Å². The maximum absolute atomic E-state index is 6.30. The van der Waals surface area contributed by atoms with Gasteiger partial charge in [-0.2, -0.15) is 0 Å². The molecule has 14 heavy (non-hydrogen) atoms. The summed E-state index contributed by atoms with van der Waals surface area (Å²) in [6, 6.07) is 0. The van der Waals surface area contributed by atoms with E-state index < -0.39 is 4.21 Å². The van der Waals surface area contributed by atoms with Crippen molar-refractivity contribution in [3.63, 3.8) is 0 Å². The first-order valence-electron chi connectivity index (χ1n) is 4.03. The van der Waals surface area contributed by atoms with E-state index in [-0.39, 0.29) is 0 Å². The number of halogens is 4. The minimum Gasteiger partial charge on any atom is -0.350 e. The maximum Gasteiger partial charge on any atom is 0.165 e. The van der Waals surface area contributed by atoms with Gasteiger partial charge in [-0.15, -0.1) is 11.8 Å². The first-order valence-corrected chi connectivity index (χ1v) is 6.53. The lowest BCUT2D eigenvalue weighted by Crippen LogP contribution is -2.26. The molecule has 0 aromatic carbocycles. The fourth-order valence-electron chi connectivity index (χ4n) is 0.904. The van der Waals surface area contributed by atoms with Gasteiger partial charge >= 0.3 is 0 Å². The van der Waals surface area contributed by atoms with Crippen molar-refractivity contribution in [2.45, 2.75) is 17.6 Å². The summed E-state index contributed by atoms with van der Waals surface area (Å²) < 4.78 is -0.915. The summed E-state index contributed by atoms with van der Waals surface area (Å²) in [7, 11) is 0. The topological polar surface area (TPSA) is 12.0 Å². The molecule has 0 saturated heterocycles. The third-order valence-electron chi connectivity index (χ3n) is 1.61. The van der Waals surface area contributed by atoms with Crippen LogP contribution in [0.25, 0.3) is 0 Å². The molecule has 0 aromatic rings. The van der Waals surface area contributed by atoms with Crippen LogP contribution in [0.1, 0.15) is 13.3 Å². The van der Waals surface area contributed by atoms with Crippen LogP contribution < -0.4 is 5.32 Å². The Kier molecular flexibility index (Phi) is 4.79. The summed E-state index contributed by atoms with van der Waals surface area (Å²) in [5.41, 5.74) is 0. The van der Waals surface area contributed by atoms with Crippen LogP contribution in [0.2, 0.25) is 0 Å². The van der Waals surface area contributed by atoms with Crippen molar-refractivity contribution in [3.05, 3.63) is 21.4 Å². The standard InChI is InChI=1S/C8H9Cl4NS/c1-2-3-14-8(12)5(9)4-13-7(11)6(8)10/h4,13H,2-3H2,1H3. The maximum atomic E-state index is 6.30. The zero-order valence-electron chi connectivity index (χ0n) is 7.41. The molecule has 1 unspecified atom stereocenters. The van der Waals surface area contributed by atoms with Crippen LogP contribution in [-0.4, -0.2) is 9.96 Å². The van der Waals surface area contributed by atoms with Crippen LogP contribution >= 0.6 is 58.2 Å². The highest BCUT2D eigenvalue weighted by Crippen LogP contribution is 2.50. The normalized spacial score (nSPS) is 27.4. The van der Waals surface area contributed by atoms with Crippen molar-refractivity contribution in [2.75, 3.05) is 5.75 Å². The predicted octanol–water partition coefficient (Wildman–Crippen LogP) is 4.39. The third-order valence-corrected chi connectivity index (χ3v) is 5.44. The average molecular weight is 293 g/mol. The Bertz CT molecular complexity index is 289. The predicted molar refractivity (Wildman–Crippen MR) is 67.1 cm³/mol. The first-order chi connectivity index (χ1) is 6.52. The van der Waals surface area contributed by atoms with E-state index in [0.717, 1.165) is 12.2 Å². The van der Waals surface area contributed by atoms with E-state index in [1.165, 1.54) is 11.8 Å². The van der Waals surface area contributed by atoms with Gasteiger partial charge in [-0.05, 0) is 12.2 Å². The fraction of sp³-hybridized carbons (Fsp3) is 0.500. The smallest absolute Gasteiger partial charge is 0.165 e. The van der Waals surface area contributed by atoms with Gasteiger partial charge in [0.25, 0.3) is 0 Å². The molecule has 0 spiro atoms. The minimum absolute atomic E-state index is 0.328. The molecule has 1 atom stereocenters. The van der Waals surface area contributed by atoms with Gasteiger partial charge in [0.1, 0.15) is 5.16 Å². The molecule has 1 aliphatic heterocycles. The molecule has 0 radical (unpaired) electrons. The Morgan fingerprint density at radius 1 is 1.43 bits per heavy atom. The summed E-state index contributed by atoms with van der Waals surface area (Å²) in [4.78, 5) is 0. The quantitative estimate of drug-likeness (QED) is 0.611. The van der Waals surface area contributed by atoms with E-state index in [1.54, 1.807) is 6.20 Å². The molecule has 1 heterocycles. The molecule has 0 bridgehead atoms. The van der Waals surface area contributed by atoms with Crippen LogP contribution in [0.15, 0.2) is 21.4 Å². The summed E-state index contributed by atoms with van der Waals surface area (Å²) in [5, 5.41) is 3.85. The molecular formula is C8H9Cl4NS. The van der Waals surface area contributed by atoms with E-state index in [1.807, 2.05) is 0 Å². The second-order valence-electron chi connectivity index (χ2n) is 2.71. The van der Waals surface area contributed by atoms with Gasteiger partial charge in [-0.1, -0.05) is 53.3 Å². The number of hydrogen-bond acceptors (Lipinski definition) is 2. The van der Waals surface area contributed by atoms with Crippen LogP contribution in [0, 0.1) is 0 Å². The highest BCUT2D eigenvalue weighted by molar-refractivity contribution is 8.02. The molecule has 0 amide bonds. The van der Waals surface area contributed by atoms with Crippen molar-refractivity contribution >= 4 is 58.2 Å².